The third-order valence-corrected chi connectivity index (χ3v) is 3.58. The summed E-state index contributed by atoms with van der Waals surface area (Å²) in [6.07, 6.45) is -0.690. The predicted molar refractivity (Wildman–Crippen MR) is 93.1 cm³/mol. The highest BCUT2D eigenvalue weighted by atomic mass is 16.6. The molecule has 0 heterocycles. The fourth-order valence-corrected chi connectivity index (χ4v) is 2.46. The Morgan fingerprint density at radius 3 is 2.50 bits per heavy atom. The highest BCUT2D eigenvalue weighted by Crippen LogP contribution is 2.21. The van der Waals surface area contributed by atoms with Gasteiger partial charge >= 0.3 is 12.1 Å². The lowest BCUT2D eigenvalue weighted by molar-refractivity contribution is -0.142. The number of aliphatic carboxylic acids is 1. The normalized spacial score (nSPS) is 13.2. The number of hydrogen-bond donors (Lipinski definition) is 1. The Bertz CT molecular complexity index is 764. The molecule has 0 bridgehead atoms. The van der Waals surface area contributed by atoms with Crippen molar-refractivity contribution in [2.75, 3.05) is 7.02 Å². The van der Waals surface area contributed by atoms with E-state index in [2.05, 4.69) is 0 Å². The summed E-state index contributed by atoms with van der Waals surface area (Å²) in [5.74, 6) is -1.16. The molecule has 1 N–H and O–H groups in total. The standard InChI is InChI=1S/C19H23NO4/c1-19(2,3)24-18(23)20(4)16(17(21)22)12-14-10-7-9-13-8-5-6-11-15(13)14/h5-11,16H,12H2,1-4H3,(H,21,22)/t16-/m0/s1/i4D. The lowest BCUT2D eigenvalue weighted by Crippen LogP contribution is -2.46. The first-order valence-electron chi connectivity index (χ1n) is 8.42. The number of carboxylic acids is 1. The summed E-state index contributed by atoms with van der Waals surface area (Å²) >= 11 is 0. The van der Waals surface area contributed by atoms with Gasteiger partial charge in [-0.05, 0) is 37.1 Å². The fraction of sp³-hybridized carbons (Fsp3) is 0.368. The van der Waals surface area contributed by atoms with E-state index in [-0.39, 0.29) is 6.42 Å². The molecule has 0 fully saturated rings. The molecular weight excluding hydrogens is 306 g/mol. The van der Waals surface area contributed by atoms with Crippen molar-refractivity contribution in [1.29, 1.82) is 0 Å². The average Bonchev–Trinajstić information content (AvgIpc) is 2.53. The number of fused-ring (bicyclic) bond motifs is 1. The molecule has 24 heavy (non-hydrogen) atoms. The second-order valence-corrected chi connectivity index (χ2v) is 6.65. The molecule has 2 aromatic carbocycles. The largest absolute Gasteiger partial charge is 0.480 e. The van der Waals surface area contributed by atoms with Gasteiger partial charge in [-0.1, -0.05) is 42.5 Å². The molecule has 0 saturated carbocycles. The Morgan fingerprint density at radius 2 is 1.88 bits per heavy atom. The van der Waals surface area contributed by atoms with Crippen molar-refractivity contribution < 1.29 is 20.8 Å². The fourth-order valence-electron chi connectivity index (χ4n) is 2.46. The van der Waals surface area contributed by atoms with E-state index in [1.807, 2.05) is 42.5 Å². The molecule has 0 aromatic heterocycles. The molecule has 5 heteroatoms. The maximum atomic E-state index is 12.3. The van der Waals surface area contributed by atoms with E-state index in [0.717, 1.165) is 21.2 Å². The molecule has 0 aliphatic rings. The zero-order valence-corrected chi connectivity index (χ0v) is 14.2. The van der Waals surface area contributed by atoms with Crippen molar-refractivity contribution >= 4 is 22.8 Å². The van der Waals surface area contributed by atoms with Crippen LogP contribution in [0.1, 0.15) is 27.7 Å². The maximum Gasteiger partial charge on any atom is 0.410 e. The SMILES string of the molecule is [2H]CN(C(=O)OC(C)(C)C)[C@@H](Cc1cccc2ccccc12)C(=O)O. The summed E-state index contributed by atoms with van der Waals surface area (Å²) in [6, 6.07) is 12.1. The molecule has 0 saturated heterocycles. The molecule has 2 rings (SSSR count). The minimum atomic E-state index is -1.17. The first kappa shape index (κ1) is 16.3. The van der Waals surface area contributed by atoms with Gasteiger partial charge in [0.2, 0.25) is 0 Å². The summed E-state index contributed by atoms with van der Waals surface area (Å²) in [4.78, 5) is 25.0. The van der Waals surface area contributed by atoms with Crippen LogP contribution < -0.4 is 0 Å². The molecule has 0 spiro atoms. The molecular formula is C19H23NO4. The Morgan fingerprint density at radius 1 is 1.21 bits per heavy atom. The van der Waals surface area contributed by atoms with E-state index >= 15 is 0 Å². The highest BCUT2D eigenvalue weighted by Gasteiger charge is 2.30. The van der Waals surface area contributed by atoms with Crippen LogP contribution in [-0.4, -0.2) is 40.7 Å². The number of amides is 1. The van der Waals surface area contributed by atoms with Crippen LogP contribution in [0.4, 0.5) is 4.79 Å². The molecule has 0 aliphatic carbocycles. The summed E-state index contributed by atoms with van der Waals surface area (Å²) in [7, 11) is -0.489. The van der Waals surface area contributed by atoms with Gasteiger partial charge < -0.3 is 9.84 Å². The van der Waals surface area contributed by atoms with Gasteiger partial charge in [0.1, 0.15) is 11.6 Å². The summed E-state index contributed by atoms with van der Waals surface area (Å²) in [5.41, 5.74) is 0.0556. The smallest absolute Gasteiger partial charge is 0.410 e. The lowest BCUT2D eigenvalue weighted by atomic mass is 9.98. The quantitative estimate of drug-likeness (QED) is 0.928. The van der Waals surface area contributed by atoms with Gasteiger partial charge in [0.15, 0.2) is 0 Å². The third kappa shape index (κ3) is 4.25. The van der Waals surface area contributed by atoms with Crippen LogP contribution in [0.15, 0.2) is 42.5 Å². The number of carbonyl (C=O) groups is 2. The van der Waals surface area contributed by atoms with Gasteiger partial charge in [-0.15, -0.1) is 0 Å². The molecule has 1 amide bonds. The minimum absolute atomic E-state index is 0.106. The van der Waals surface area contributed by atoms with Crippen molar-refractivity contribution in [1.82, 2.24) is 4.90 Å². The van der Waals surface area contributed by atoms with Crippen molar-refractivity contribution in [2.45, 2.75) is 38.8 Å². The van der Waals surface area contributed by atoms with Gasteiger partial charge in [0.25, 0.3) is 0 Å². The van der Waals surface area contributed by atoms with E-state index in [0.29, 0.717) is 0 Å². The number of carboxylic acid groups (broad SMARTS) is 1. The molecule has 0 unspecified atom stereocenters. The monoisotopic (exact) mass is 330 g/mol. The number of nitrogens with zero attached hydrogens (tertiary/aromatic N) is 1. The van der Waals surface area contributed by atoms with E-state index < -0.39 is 30.7 Å². The van der Waals surface area contributed by atoms with Crippen LogP contribution in [-0.2, 0) is 16.0 Å². The Hall–Kier alpha value is -2.56. The molecule has 2 aromatic rings. The van der Waals surface area contributed by atoms with Gasteiger partial charge in [0.05, 0.1) is 0 Å². The van der Waals surface area contributed by atoms with E-state index in [4.69, 9.17) is 6.11 Å². The van der Waals surface area contributed by atoms with E-state index in [1.54, 1.807) is 20.8 Å². The van der Waals surface area contributed by atoms with Crippen molar-refractivity contribution in [3.63, 3.8) is 0 Å². The van der Waals surface area contributed by atoms with Crippen LogP contribution in [0, 0.1) is 0 Å². The van der Waals surface area contributed by atoms with Crippen molar-refractivity contribution in [3.05, 3.63) is 48.0 Å². The number of ether oxygens (including phenoxy) is 1. The van der Waals surface area contributed by atoms with Gasteiger partial charge in [-0.3, -0.25) is 4.90 Å². The van der Waals surface area contributed by atoms with Crippen LogP contribution in [0.2, 0.25) is 0 Å². The number of carbonyl (C=O) groups excluding carboxylic acids is 1. The molecule has 1 atom stereocenters. The molecule has 0 aliphatic heterocycles. The van der Waals surface area contributed by atoms with Crippen molar-refractivity contribution in [3.8, 4) is 0 Å². The van der Waals surface area contributed by atoms with Crippen LogP contribution >= 0.6 is 0 Å². The Kier molecular flexibility index (Phi) is 4.69. The maximum absolute atomic E-state index is 12.3. The molecule has 5 nitrogen and oxygen atoms in total. The Balaban J connectivity index is 2.33. The lowest BCUT2D eigenvalue weighted by Gasteiger charge is -2.28. The van der Waals surface area contributed by atoms with E-state index in [9.17, 15) is 14.7 Å². The summed E-state index contributed by atoms with van der Waals surface area (Å²) in [5, 5.41) is 11.6. The first-order chi connectivity index (χ1) is 11.7. The summed E-state index contributed by atoms with van der Waals surface area (Å²) in [6.45, 7) is 5.11. The van der Waals surface area contributed by atoms with E-state index in [1.165, 1.54) is 0 Å². The Labute approximate surface area is 143 Å². The van der Waals surface area contributed by atoms with Crippen LogP contribution in [0.5, 0.6) is 0 Å². The first-order valence-corrected chi connectivity index (χ1v) is 7.71. The third-order valence-electron chi connectivity index (χ3n) is 3.58. The second-order valence-electron chi connectivity index (χ2n) is 6.65. The highest BCUT2D eigenvalue weighted by molar-refractivity contribution is 5.87. The van der Waals surface area contributed by atoms with Gasteiger partial charge in [-0.2, -0.15) is 0 Å². The van der Waals surface area contributed by atoms with Gasteiger partial charge in [-0.25, -0.2) is 9.59 Å². The number of likely N-dealkylation sites (N-methyl/N-ethyl adjacent to an activating group) is 1. The number of rotatable bonds is 4. The summed E-state index contributed by atoms with van der Waals surface area (Å²) < 4.78 is 12.9. The second kappa shape index (κ2) is 6.91. The minimum Gasteiger partial charge on any atom is -0.480 e. The predicted octanol–water partition coefficient (Wildman–Crippen LogP) is 3.70. The topological polar surface area (TPSA) is 66.8 Å². The zero-order chi connectivity index (χ0) is 18.6. The zero-order valence-electron chi connectivity index (χ0n) is 15.2. The van der Waals surface area contributed by atoms with Crippen LogP contribution in [0.3, 0.4) is 0 Å². The number of benzene rings is 2. The number of hydrogen-bond acceptors (Lipinski definition) is 3. The molecule has 128 valence electrons. The van der Waals surface area contributed by atoms with Crippen molar-refractivity contribution in [2.24, 2.45) is 0 Å². The average molecular weight is 330 g/mol. The van der Waals surface area contributed by atoms with Gasteiger partial charge in [0, 0.05) is 14.8 Å². The van der Waals surface area contributed by atoms with Crippen LogP contribution in [0.25, 0.3) is 10.8 Å². The molecule has 0 radical (unpaired) electrons.